The summed E-state index contributed by atoms with van der Waals surface area (Å²) in [5, 5.41) is 6.83. The fourth-order valence-electron chi connectivity index (χ4n) is 1.79. The summed E-state index contributed by atoms with van der Waals surface area (Å²) < 4.78 is 0. The second kappa shape index (κ2) is 7.68. The highest BCUT2D eigenvalue weighted by molar-refractivity contribution is 7.98. The van der Waals surface area contributed by atoms with E-state index in [9.17, 15) is 0 Å². The van der Waals surface area contributed by atoms with E-state index in [0.717, 1.165) is 17.2 Å². The van der Waals surface area contributed by atoms with Crippen LogP contribution in [0.4, 0.5) is 0 Å². The van der Waals surface area contributed by atoms with Crippen LogP contribution in [0.15, 0.2) is 35.7 Å². The Morgan fingerprint density at radius 1 is 1.32 bits per heavy atom. The summed E-state index contributed by atoms with van der Waals surface area (Å²) in [6, 6.07) is 10.9. The quantitative estimate of drug-likeness (QED) is 0.833. The van der Waals surface area contributed by atoms with E-state index in [0.29, 0.717) is 6.04 Å². The SMILES string of the molecule is CSCCC(C)NCc1nc(-c2ccccc2)cs1. The maximum absolute atomic E-state index is 4.68. The molecule has 1 unspecified atom stereocenters. The van der Waals surface area contributed by atoms with E-state index in [2.05, 4.69) is 53.1 Å². The number of aromatic nitrogens is 1. The van der Waals surface area contributed by atoms with Crippen molar-refractivity contribution in [1.29, 1.82) is 0 Å². The fourth-order valence-corrected chi connectivity index (χ4v) is 3.14. The van der Waals surface area contributed by atoms with Crippen molar-refractivity contribution >= 4 is 23.1 Å². The summed E-state index contributed by atoms with van der Waals surface area (Å²) >= 11 is 3.63. The van der Waals surface area contributed by atoms with Gasteiger partial charge in [-0.25, -0.2) is 4.98 Å². The predicted octanol–water partition coefficient (Wildman–Crippen LogP) is 4.04. The summed E-state index contributed by atoms with van der Waals surface area (Å²) in [4.78, 5) is 4.68. The zero-order valence-electron chi connectivity index (χ0n) is 11.4. The van der Waals surface area contributed by atoms with Gasteiger partial charge in [0.05, 0.1) is 5.69 Å². The lowest BCUT2D eigenvalue weighted by Crippen LogP contribution is -2.25. The molecule has 1 aromatic heterocycles. The topological polar surface area (TPSA) is 24.9 Å². The van der Waals surface area contributed by atoms with Gasteiger partial charge in [0.25, 0.3) is 0 Å². The lowest BCUT2D eigenvalue weighted by Gasteiger charge is -2.11. The molecule has 1 N–H and O–H groups in total. The van der Waals surface area contributed by atoms with Gasteiger partial charge in [-0.05, 0) is 25.4 Å². The summed E-state index contributed by atoms with van der Waals surface area (Å²) in [6.07, 6.45) is 3.36. The number of thiazole rings is 1. The first-order valence-corrected chi connectivity index (χ1v) is 8.79. The molecule has 0 saturated carbocycles. The number of rotatable bonds is 7. The smallest absolute Gasteiger partial charge is 0.107 e. The maximum atomic E-state index is 4.68. The first kappa shape index (κ1) is 14.6. The normalized spacial score (nSPS) is 12.5. The van der Waals surface area contributed by atoms with Crippen LogP contribution in [0.1, 0.15) is 18.4 Å². The van der Waals surface area contributed by atoms with Crippen molar-refractivity contribution in [2.24, 2.45) is 0 Å². The van der Waals surface area contributed by atoms with Gasteiger partial charge in [-0.3, -0.25) is 0 Å². The largest absolute Gasteiger partial charge is 0.308 e. The number of thioether (sulfide) groups is 1. The molecule has 102 valence electrons. The van der Waals surface area contributed by atoms with Crippen molar-refractivity contribution in [3.8, 4) is 11.3 Å². The highest BCUT2D eigenvalue weighted by Crippen LogP contribution is 2.21. The monoisotopic (exact) mass is 292 g/mol. The molecule has 2 rings (SSSR count). The zero-order valence-corrected chi connectivity index (χ0v) is 13.1. The van der Waals surface area contributed by atoms with Crippen molar-refractivity contribution in [3.05, 3.63) is 40.7 Å². The third-order valence-electron chi connectivity index (χ3n) is 2.98. The van der Waals surface area contributed by atoms with E-state index in [1.807, 2.05) is 17.8 Å². The molecule has 19 heavy (non-hydrogen) atoms. The molecule has 0 amide bonds. The molecule has 0 spiro atoms. The molecule has 0 aliphatic carbocycles. The summed E-state index contributed by atoms with van der Waals surface area (Å²) in [5.74, 6) is 1.21. The van der Waals surface area contributed by atoms with E-state index in [4.69, 9.17) is 0 Å². The molecule has 0 aliphatic rings. The molecule has 0 aliphatic heterocycles. The summed E-state index contributed by atoms with van der Waals surface area (Å²) in [7, 11) is 0. The molecule has 2 aromatic rings. The van der Waals surface area contributed by atoms with Crippen molar-refractivity contribution in [3.63, 3.8) is 0 Å². The van der Waals surface area contributed by atoms with Crippen molar-refractivity contribution < 1.29 is 0 Å². The highest BCUT2D eigenvalue weighted by atomic mass is 32.2. The van der Waals surface area contributed by atoms with Crippen LogP contribution in [0.3, 0.4) is 0 Å². The lowest BCUT2D eigenvalue weighted by atomic mass is 10.2. The fraction of sp³-hybridized carbons (Fsp3) is 0.400. The number of benzene rings is 1. The third kappa shape index (κ3) is 4.64. The van der Waals surface area contributed by atoms with Gasteiger partial charge < -0.3 is 5.32 Å². The number of nitrogens with one attached hydrogen (secondary N) is 1. The minimum absolute atomic E-state index is 0.552. The van der Waals surface area contributed by atoms with Gasteiger partial charge in [0.15, 0.2) is 0 Å². The highest BCUT2D eigenvalue weighted by Gasteiger charge is 2.06. The Labute approximate surface area is 123 Å². The predicted molar refractivity (Wildman–Crippen MR) is 86.9 cm³/mol. The molecule has 1 heterocycles. The standard InChI is InChI=1S/C15H20N2S2/c1-12(8-9-18-2)16-10-15-17-14(11-19-15)13-6-4-3-5-7-13/h3-7,11-12,16H,8-10H2,1-2H3. The van der Waals surface area contributed by atoms with Crippen LogP contribution < -0.4 is 5.32 Å². The molecule has 0 fully saturated rings. The van der Waals surface area contributed by atoms with E-state index in [-0.39, 0.29) is 0 Å². The average molecular weight is 292 g/mol. The minimum Gasteiger partial charge on any atom is -0.308 e. The van der Waals surface area contributed by atoms with Gasteiger partial charge in [-0.15, -0.1) is 11.3 Å². The van der Waals surface area contributed by atoms with E-state index < -0.39 is 0 Å². The molecule has 0 saturated heterocycles. The molecule has 2 nitrogen and oxygen atoms in total. The van der Waals surface area contributed by atoms with Crippen LogP contribution in [-0.2, 0) is 6.54 Å². The van der Waals surface area contributed by atoms with Crippen LogP contribution in [-0.4, -0.2) is 23.0 Å². The maximum Gasteiger partial charge on any atom is 0.107 e. The molecular weight excluding hydrogens is 272 g/mol. The lowest BCUT2D eigenvalue weighted by molar-refractivity contribution is 0.536. The van der Waals surface area contributed by atoms with Crippen LogP contribution >= 0.6 is 23.1 Å². The summed E-state index contributed by atoms with van der Waals surface area (Å²) in [5.41, 5.74) is 2.28. The first-order chi connectivity index (χ1) is 9.29. The second-order valence-corrected chi connectivity index (χ2v) is 6.48. The molecule has 1 atom stereocenters. The van der Waals surface area contributed by atoms with Crippen molar-refractivity contribution in [2.75, 3.05) is 12.0 Å². The van der Waals surface area contributed by atoms with Crippen LogP contribution in [0.2, 0.25) is 0 Å². The Balaban J connectivity index is 1.88. The Morgan fingerprint density at radius 3 is 2.84 bits per heavy atom. The van der Waals surface area contributed by atoms with Crippen LogP contribution in [0, 0.1) is 0 Å². The van der Waals surface area contributed by atoms with Crippen molar-refractivity contribution in [2.45, 2.75) is 25.9 Å². The average Bonchev–Trinajstić information content (AvgIpc) is 2.93. The Bertz CT molecular complexity index is 482. The van der Waals surface area contributed by atoms with Gasteiger partial charge in [0.2, 0.25) is 0 Å². The third-order valence-corrected chi connectivity index (χ3v) is 4.47. The van der Waals surface area contributed by atoms with Gasteiger partial charge in [-0.2, -0.15) is 11.8 Å². The molecule has 1 aromatic carbocycles. The zero-order chi connectivity index (χ0) is 13.5. The minimum atomic E-state index is 0.552. The van der Waals surface area contributed by atoms with Gasteiger partial charge in [-0.1, -0.05) is 30.3 Å². The Kier molecular flexibility index (Phi) is 5.89. The molecular formula is C15H20N2S2. The Morgan fingerprint density at radius 2 is 2.11 bits per heavy atom. The van der Waals surface area contributed by atoms with Gasteiger partial charge >= 0.3 is 0 Å². The molecule has 4 heteroatoms. The van der Waals surface area contributed by atoms with E-state index >= 15 is 0 Å². The van der Waals surface area contributed by atoms with Gasteiger partial charge in [0, 0.05) is 23.5 Å². The Hall–Kier alpha value is -0.840. The molecule has 0 radical (unpaired) electrons. The first-order valence-electron chi connectivity index (χ1n) is 6.51. The van der Waals surface area contributed by atoms with Crippen LogP contribution in [0.25, 0.3) is 11.3 Å². The van der Waals surface area contributed by atoms with Crippen molar-refractivity contribution in [1.82, 2.24) is 10.3 Å². The summed E-state index contributed by atoms with van der Waals surface area (Å²) in [6.45, 7) is 3.11. The second-order valence-electron chi connectivity index (χ2n) is 4.56. The number of hydrogen-bond acceptors (Lipinski definition) is 4. The van der Waals surface area contributed by atoms with Gasteiger partial charge in [0.1, 0.15) is 5.01 Å². The van der Waals surface area contributed by atoms with E-state index in [1.54, 1.807) is 11.3 Å². The molecule has 0 bridgehead atoms. The van der Waals surface area contributed by atoms with Crippen LogP contribution in [0.5, 0.6) is 0 Å². The number of nitrogens with zero attached hydrogens (tertiary/aromatic N) is 1. The van der Waals surface area contributed by atoms with E-state index in [1.165, 1.54) is 17.7 Å². The number of hydrogen-bond donors (Lipinski definition) is 1.